The Labute approximate surface area is 257 Å². The summed E-state index contributed by atoms with van der Waals surface area (Å²) in [5.41, 5.74) is 2.32. The highest BCUT2D eigenvalue weighted by molar-refractivity contribution is 6.34. The predicted molar refractivity (Wildman–Crippen MR) is 167 cm³/mol. The molecule has 1 aliphatic rings. The largest absolute Gasteiger partial charge is 0.508 e. The van der Waals surface area contributed by atoms with Crippen LogP contribution in [0, 0.1) is 19.3 Å². The Morgan fingerprint density at radius 2 is 1.72 bits per heavy atom. The number of carbonyl (C=O) groups is 3. The van der Waals surface area contributed by atoms with Gasteiger partial charge in [0, 0.05) is 18.0 Å². The van der Waals surface area contributed by atoms with Crippen LogP contribution in [-0.4, -0.2) is 45.6 Å². The van der Waals surface area contributed by atoms with E-state index in [1.54, 1.807) is 74.2 Å². The first-order valence-electron chi connectivity index (χ1n) is 14.1. The standard InChI is InChI=1S/C34H36ClN3O5/c1-6-22-10-14-24(15-11-22)30(31(40)37-29-21(2)8-7-9-27(29)35)38(25-16-17-25)32(41)28(36-33(42)43-34(3,4)5)20-23-12-18-26(39)19-13-23/h1,7-15,18-19,25,28,30,39H,16-17,20H2,2-5H3,(H,36,42)(H,37,40). The maximum absolute atomic E-state index is 14.5. The molecule has 0 aliphatic heterocycles. The molecule has 1 saturated carbocycles. The topological polar surface area (TPSA) is 108 Å². The molecule has 0 radical (unpaired) electrons. The summed E-state index contributed by atoms with van der Waals surface area (Å²) >= 11 is 6.45. The smallest absolute Gasteiger partial charge is 0.408 e. The van der Waals surface area contributed by atoms with Crippen LogP contribution in [0.3, 0.4) is 0 Å². The third kappa shape index (κ3) is 8.30. The van der Waals surface area contributed by atoms with Crippen molar-refractivity contribution >= 4 is 35.2 Å². The molecule has 4 rings (SSSR count). The SMILES string of the molecule is C#Cc1ccc(C(C(=O)Nc2c(C)cccc2Cl)N(C(=O)C(Cc2ccc(O)cc2)NC(=O)OC(C)(C)C)C2CC2)cc1. The van der Waals surface area contributed by atoms with Crippen molar-refractivity contribution in [3.63, 3.8) is 0 Å². The molecule has 3 N–H and O–H groups in total. The maximum Gasteiger partial charge on any atom is 0.408 e. The van der Waals surface area contributed by atoms with Gasteiger partial charge in [-0.3, -0.25) is 9.59 Å². The van der Waals surface area contributed by atoms with E-state index >= 15 is 0 Å². The number of benzene rings is 3. The summed E-state index contributed by atoms with van der Waals surface area (Å²) < 4.78 is 5.48. The molecule has 224 valence electrons. The molecule has 2 atom stereocenters. The zero-order valence-electron chi connectivity index (χ0n) is 24.7. The molecule has 3 aromatic rings. The molecule has 3 amide bonds. The second-order valence-corrected chi connectivity index (χ2v) is 12.0. The van der Waals surface area contributed by atoms with Gasteiger partial charge >= 0.3 is 6.09 Å². The fourth-order valence-corrected chi connectivity index (χ4v) is 5.02. The predicted octanol–water partition coefficient (Wildman–Crippen LogP) is 6.14. The van der Waals surface area contributed by atoms with Crippen molar-refractivity contribution in [1.82, 2.24) is 10.2 Å². The van der Waals surface area contributed by atoms with Gasteiger partial charge in [0.25, 0.3) is 5.91 Å². The summed E-state index contributed by atoms with van der Waals surface area (Å²) in [5, 5.41) is 15.8. The lowest BCUT2D eigenvalue weighted by Crippen LogP contribution is -2.54. The van der Waals surface area contributed by atoms with Crippen molar-refractivity contribution in [3.8, 4) is 18.1 Å². The fraction of sp³-hybridized carbons (Fsp3) is 0.324. The van der Waals surface area contributed by atoms with Crippen LogP contribution < -0.4 is 10.6 Å². The van der Waals surface area contributed by atoms with E-state index in [1.165, 1.54) is 12.1 Å². The van der Waals surface area contributed by atoms with Gasteiger partial charge in [-0.25, -0.2) is 4.79 Å². The number of carbonyl (C=O) groups excluding carboxylic acids is 3. The lowest BCUT2D eigenvalue weighted by atomic mass is 9.99. The van der Waals surface area contributed by atoms with Gasteiger partial charge in [-0.15, -0.1) is 6.42 Å². The lowest BCUT2D eigenvalue weighted by molar-refractivity contribution is -0.141. The Hall–Kier alpha value is -4.48. The monoisotopic (exact) mass is 601 g/mol. The molecule has 1 fully saturated rings. The van der Waals surface area contributed by atoms with E-state index in [4.69, 9.17) is 22.8 Å². The molecular formula is C34H36ClN3O5. The summed E-state index contributed by atoms with van der Waals surface area (Å²) in [6.45, 7) is 7.03. The molecule has 0 saturated heterocycles. The number of alkyl carbamates (subject to hydrolysis) is 1. The Morgan fingerprint density at radius 1 is 1.07 bits per heavy atom. The summed E-state index contributed by atoms with van der Waals surface area (Å²) in [7, 11) is 0. The second kappa shape index (κ2) is 13.2. The number of phenolic OH excluding ortho intramolecular Hbond substituents is 1. The molecular weight excluding hydrogens is 566 g/mol. The molecule has 9 heteroatoms. The molecule has 1 aliphatic carbocycles. The fourth-order valence-electron chi connectivity index (χ4n) is 4.75. The summed E-state index contributed by atoms with van der Waals surface area (Å²) in [6, 6.07) is 16.2. The van der Waals surface area contributed by atoms with E-state index in [0.29, 0.717) is 40.2 Å². The van der Waals surface area contributed by atoms with Crippen molar-refractivity contribution < 1.29 is 24.2 Å². The number of ether oxygens (including phenoxy) is 1. The van der Waals surface area contributed by atoms with Crippen molar-refractivity contribution in [2.45, 2.75) is 70.7 Å². The highest BCUT2D eigenvalue weighted by atomic mass is 35.5. The Bertz CT molecular complexity index is 1500. The third-order valence-electron chi connectivity index (χ3n) is 6.95. The summed E-state index contributed by atoms with van der Waals surface area (Å²) in [6.07, 6.45) is 6.31. The van der Waals surface area contributed by atoms with E-state index in [0.717, 1.165) is 5.56 Å². The van der Waals surface area contributed by atoms with E-state index in [1.807, 2.05) is 13.0 Å². The van der Waals surface area contributed by atoms with Gasteiger partial charge < -0.3 is 25.4 Å². The quantitative estimate of drug-likeness (QED) is 0.255. The average molecular weight is 602 g/mol. The van der Waals surface area contributed by atoms with Gasteiger partial charge in [0.05, 0.1) is 10.7 Å². The van der Waals surface area contributed by atoms with Gasteiger partial charge in [0.2, 0.25) is 5.91 Å². The summed E-state index contributed by atoms with van der Waals surface area (Å²) in [5.74, 6) is 1.75. The second-order valence-electron chi connectivity index (χ2n) is 11.6. The zero-order chi connectivity index (χ0) is 31.3. The van der Waals surface area contributed by atoms with Crippen molar-refractivity contribution in [3.05, 3.63) is 94.0 Å². The number of aromatic hydroxyl groups is 1. The van der Waals surface area contributed by atoms with Gasteiger partial charge in [-0.1, -0.05) is 53.9 Å². The van der Waals surface area contributed by atoms with Gasteiger partial charge in [-0.2, -0.15) is 0 Å². The highest BCUT2D eigenvalue weighted by Gasteiger charge is 2.44. The number of para-hydroxylation sites is 1. The number of rotatable bonds is 9. The first-order chi connectivity index (χ1) is 20.4. The van der Waals surface area contributed by atoms with Gasteiger partial charge in [0.1, 0.15) is 23.4 Å². The number of amides is 3. The maximum atomic E-state index is 14.5. The van der Waals surface area contributed by atoms with E-state index in [9.17, 15) is 19.5 Å². The molecule has 0 heterocycles. The minimum Gasteiger partial charge on any atom is -0.508 e. The van der Waals surface area contributed by atoms with Crippen LogP contribution in [0.2, 0.25) is 5.02 Å². The van der Waals surface area contributed by atoms with Crippen molar-refractivity contribution in [1.29, 1.82) is 0 Å². The van der Waals surface area contributed by atoms with Gasteiger partial charge in [-0.05, 0) is 87.6 Å². The van der Waals surface area contributed by atoms with Crippen molar-refractivity contribution in [2.24, 2.45) is 0 Å². The van der Waals surface area contributed by atoms with E-state index < -0.39 is 35.6 Å². The number of halogens is 1. The van der Waals surface area contributed by atoms with Crippen LogP contribution in [0.5, 0.6) is 5.75 Å². The molecule has 0 aromatic heterocycles. The van der Waals surface area contributed by atoms with Crippen LogP contribution in [-0.2, 0) is 20.7 Å². The average Bonchev–Trinajstić information content (AvgIpc) is 3.78. The van der Waals surface area contributed by atoms with E-state index in [2.05, 4.69) is 16.6 Å². The molecule has 8 nitrogen and oxygen atoms in total. The van der Waals surface area contributed by atoms with Crippen LogP contribution in [0.1, 0.15) is 61.9 Å². The minimum atomic E-state index is -1.07. The third-order valence-corrected chi connectivity index (χ3v) is 7.26. The molecule has 3 aromatic carbocycles. The number of hydrogen-bond donors (Lipinski definition) is 3. The number of aryl methyl sites for hydroxylation is 1. The van der Waals surface area contributed by atoms with Gasteiger partial charge in [0.15, 0.2) is 0 Å². The number of nitrogens with one attached hydrogen (secondary N) is 2. The Balaban J connectivity index is 1.75. The van der Waals surface area contributed by atoms with Crippen LogP contribution in [0.4, 0.5) is 10.5 Å². The number of terminal acetylenes is 1. The first-order valence-corrected chi connectivity index (χ1v) is 14.5. The zero-order valence-corrected chi connectivity index (χ0v) is 25.4. The summed E-state index contributed by atoms with van der Waals surface area (Å²) in [4.78, 5) is 43.1. The molecule has 2 unspecified atom stereocenters. The highest BCUT2D eigenvalue weighted by Crippen LogP contribution is 2.37. The van der Waals surface area contributed by atoms with E-state index in [-0.39, 0.29) is 18.2 Å². The number of hydrogen-bond acceptors (Lipinski definition) is 5. The number of nitrogens with zero attached hydrogens (tertiary/aromatic N) is 1. The lowest BCUT2D eigenvalue weighted by Gasteiger charge is -2.35. The van der Waals surface area contributed by atoms with Crippen LogP contribution >= 0.6 is 11.6 Å². The molecule has 0 bridgehead atoms. The number of phenols is 1. The van der Waals surface area contributed by atoms with Crippen LogP contribution in [0.25, 0.3) is 0 Å². The first kappa shape index (κ1) is 31.5. The normalized spacial score (nSPS) is 14.1. The number of anilines is 1. The Kier molecular flexibility index (Phi) is 9.67. The Morgan fingerprint density at radius 3 is 2.28 bits per heavy atom. The molecule has 43 heavy (non-hydrogen) atoms. The molecule has 0 spiro atoms. The minimum absolute atomic E-state index is 0.0772. The van der Waals surface area contributed by atoms with Crippen LogP contribution in [0.15, 0.2) is 66.7 Å². The van der Waals surface area contributed by atoms with Crippen molar-refractivity contribution in [2.75, 3.05) is 5.32 Å².